The van der Waals surface area contributed by atoms with Gasteiger partial charge < -0.3 is 9.64 Å². The molecule has 1 aromatic heterocycles. The van der Waals surface area contributed by atoms with Crippen LogP contribution in [0.2, 0.25) is 0 Å². The number of methoxy groups -OCH3 is 1. The summed E-state index contributed by atoms with van der Waals surface area (Å²) in [6.07, 6.45) is 3.98. The van der Waals surface area contributed by atoms with Gasteiger partial charge in [-0.15, -0.1) is 16.8 Å². The van der Waals surface area contributed by atoms with Crippen LogP contribution in [0.25, 0.3) is 11.4 Å². The van der Waals surface area contributed by atoms with Gasteiger partial charge in [-0.1, -0.05) is 24.8 Å². The standard InChI is InChI=1S/C21H28N4O2S/c1-5-12-25-19(17-6-8-18(27-4)9-7-17)22-23-21(25)28-16(3)20(26)24-13-10-15(2)11-14-24/h5-9,15-16H,1,10-14H2,2-4H3. The lowest BCUT2D eigenvalue weighted by Crippen LogP contribution is -2.41. The third kappa shape index (κ3) is 4.58. The fourth-order valence-electron chi connectivity index (χ4n) is 3.32. The SMILES string of the molecule is C=CCn1c(SC(C)C(=O)N2CCC(C)CC2)nnc1-c1ccc(OC)cc1. The lowest BCUT2D eigenvalue weighted by molar-refractivity contribution is -0.131. The van der Waals surface area contributed by atoms with Gasteiger partial charge >= 0.3 is 0 Å². The van der Waals surface area contributed by atoms with Crippen LogP contribution in [-0.4, -0.2) is 51.0 Å². The number of thioether (sulfide) groups is 1. The zero-order valence-electron chi connectivity index (χ0n) is 16.8. The predicted molar refractivity (Wildman–Crippen MR) is 113 cm³/mol. The van der Waals surface area contributed by atoms with Gasteiger partial charge in [0.25, 0.3) is 0 Å². The minimum absolute atomic E-state index is 0.177. The first kappa shape index (κ1) is 20.5. The van der Waals surface area contributed by atoms with Crippen molar-refractivity contribution in [1.82, 2.24) is 19.7 Å². The molecule has 28 heavy (non-hydrogen) atoms. The van der Waals surface area contributed by atoms with Crippen LogP contribution in [0.4, 0.5) is 0 Å². The first-order valence-corrected chi connectivity index (χ1v) is 10.6. The van der Waals surface area contributed by atoms with Crippen molar-refractivity contribution in [2.24, 2.45) is 5.92 Å². The first-order chi connectivity index (χ1) is 13.5. The van der Waals surface area contributed by atoms with E-state index in [0.29, 0.717) is 12.5 Å². The van der Waals surface area contributed by atoms with Gasteiger partial charge in [-0.05, 0) is 49.9 Å². The van der Waals surface area contributed by atoms with E-state index in [-0.39, 0.29) is 11.2 Å². The van der Waals surface area contributed by atoms with E-state index in [9.17, 15) is 4.79 Å². The quantitative estimate of drug-likeness (QED) is 0.521. The molecular formula is C21H28N4O2S. The van der Waals surface area contributed by atoms with Gasteiger partial charge in [-0.2, -0.15) is 0 Å². The second-order valence-electron chi connectivity index (χ2n) is 7.20. The van der Waals surface area contributed by atoms with Gasteiger partial charge in [0.15, 0.2) is 11.0 Å². The Morgan fingerprint density at radius 3 is 2.61 bits per heavy atom. The number of likely N-dealkylation sites (tertiary alicyclic amines) is 1. The molecule has 7 heteroatoms. The summed E-state index contributed by atoms with van der Waals surface area (Å²) in [5.41, 5.74) is 0.950. The average molecular weight is 401 g/mol. The highest BCUT2D eigenvalue weighted by Gasteiger charge is 2.27. The van der Waals surface area contributed by atoms with E-state index < -0.39 is 0 Å². The van der Waals surface area contributed by atoms with Crippen LogP contribution in [0.3, 0.4) is 0 Å². The van der Waals surface area contributed by atoms with E-state index in [2.05, 4.69) is 23.7 Å². The normalized spacial score (nSPS) is 16.0. The van der Waals surface area contributed by atoms with Gasteiger partial charge in [0.2, 0.25) is 5.91 Å². The molecule has 0 radical (unpaired) electrons. The zero-order valence-corrected chi connectivity index (χ0v) is 17.6. The number of ether oxygens (including phenoxy) is 1. The maximum Gasteiger partial charge on any atom is 0.235 e. The van der Waals surface area contributed by atoms with E-state index in [1.54, 1.807) is 7.11 Å². The van der Waals surface area contributed by atoms with E-state index in [0.717, 1.165) is 48.2 Å². The molecule has 0 spiro atoms. The summed E-state index contributed by atoms with van der Waals surface area (Å²) in [6.45, 7) is 10.3. The van der Waals surface area contributed by atoms with Crippen LogP contribution in [0.15, 0.2) is 42.1 Å². The minimum atomic E-state index is -0.204. The molecule has 1 aromatic carbocycles. The van der Waals surface area contributed by atoms with E-state index in [4.69, 9.17) is 4.74 Å². The Morgan fingerprint density at radius 1 is 1.32 bits per heavy atom. The molecule has 1 unspecified atom stereocenters. The number of rotatable bonds is 7. The van der Waals surface area contributed by atoms with Crippen LogP contribution in [0, 0.1) is 5.92 Å². The number of allylic oxidation sites excluding steroid dienone is 1. The van der Waals surface area contributed by atoms with Gasteiger partial charge in [0, 0.05) is 25.2 Å². The molecule has 1 fully saturated rings. The number of hydrogen-bond acceptors (Lipinski definition) is 5. The van der Waals surface area contributed by atoms with Crippen molar-refractivity contribution < 1.29 is 9.53 Å². The highest BCUT2D eigenvalue weighted by Crippen LogP contribution is 2.29. The van der Waals surface area contributed by atoms with E-state index >= 15 is 0 Å². The highest BCUT2D eigenvalue weighted by atomic mass is 32.2. The summed E-state index contributed by atoms with van der Waals surface area (Å²) in [4.78, 5) is 14.8. The highest BCUT2D eigenvalue weighted by molar-refractivity contribution is 8.00. The van der Waals surface area contributed by atoms with E-state index in [1.807, 2.05) is 46.7 Å². The fourth-order valence-corrected chi connectivity index (χ4v) is 4.26. The third-order valence-electron chi connectivity index (χ3n) is 5.10. The Kier molecular flexibility index (Phi) is 6.78. The van der Waals surface area contributed by atoms with Crippen LogP contribution in [-0.2, 0) is 11.3 Å². The average Bonchev–Trinajstić information content (AvgIpc) is 3.10. The van der Waals surface area contributed by atoms with Crippen molar-refractivity contribution in [2.75, 3.05) is 20.2 Å². The molecule has 150 valence electrons. The molecule has 0 saturated carbocycles. The van der Waals surface area contributed by atoms with Crippen molar-refractivity contribution in [1.29, 1.82) is 0 Å². The molecule has 3 rings (SSSR count). The molecule has 0 aliphatic carbocycles. The number of aromatic nitrogens is 3. The third-order valence-corrected chi connectivity index (χ3v) is 6.17. The Labute approximate surface area is 171 Å². The van der Waals surface area contributed by atoms with Crippen LogP contribution >= 0.6 is 11.8 Å². The number of piperidine rings is 1. The molecular weight excluding hydrogens is 372 g/mol. The monoisotopic (exact) mass is 400 g/mol. The molecule has 1 aliphatic heterocycles. The molecule has 1 amide bonds. The number of carbonyl (C=O) groups excluding carboxylic acids is 1. The molecule has 0 N–H and O–H groups in total. The van der Waals surface area contributed by atoms with Crippen LogP contribution < -0.4 is 4.74 Å². The molecule has 2 heterocycles. The predicted octanol–water partition coefficient (Wildman–Crippen LogP) is 3.88. The maximum atomic E-state index is 12.8. The summed E-state index contributed by atoms with van der Waals surface area (Å²) in [6, 6.07) is 7.72. The maximum absolute atomic E-state index is 12.8. The molecule has 1 aliphatic rings. The Hall–Kier alpha value is -2.28. The number of hydrogen-bond donors (Lipinski definition) is 0. The summed E-state index contributed by atoms with van der Waals surface area (Å²) in [5.74, 6) is 2.44. The summed E-state index contributed by atoms with van der Waals surface area (Å²) in [5, 5.41) is 9.26. The Bertz CT molecular complexity index is 810. The Balaban J connectivity index is 1.76. The van der Waals surface area contributed by atoms with Gasteiger partial charge in [-0.25, -0.2) is 0 Å². The second-order valence-corrected chi connectivity index (χ2v) is 8.51. The summed E-state index contributed by atoms with van der Waals surface area (Å²) < 4.78 is 7.23. The zero-order chi connectivity index (χ0) is 20.1. The molecule has 6 nitrogen and oxygen atoms in total. The van der Waals surface area contributed by atoms with Crippen molar-refractivity contribution in [3.8, 4) is 17.1 Å². The van der Waals surface area contributed by atoms with Crippen molar-refractivity contribution in [3.63, 3.8) is 0 Å². The number of nitrogens with zero attached hydrogens (tertiary/aromatic N) is 4. The molecule has 2 aromatic rings. The fraction of sp³-hybridized carbons (Fsp3) is 0.476. The molecule has 1 saturated heterocycles. The van der Waals surface area contributed by atoms with Crippen LogP contribution in [0.1, 0.15) is 26.7 Å². The lowest BCUT2D eigenvalue weighted by atomic mass is 9.99. The summed E-state index contributed by atoms with van der Waals surface area (Å²) >= 11 is 1.46. The number of amides is 1. The topological polar surface area (TPSA) is 60.2 Å². The first-order valence-electron chi connectivity index (χ1n) is 9.67. The molecule has 1 atom stereocenters. The van der Waals surface area contributed by atoms with Gasteiger partial charge in [0.05, 0.1) is 12.4 Å². The van der Waals surface area contributed by atoms with E-state index in [1.165, 1.54) is 11.8 Å². The van der Waals surface area contributed by atoms with Crippen molar-refractivity contribution >= 4 is 17.7 Å². The smallest absolute Gasteiger partial charge is 0.235 e. The van der Waals surface area contributed by atoms with Gasteiger partial charge in [0.1, 0.15) is 5.75 Å². The van der Waals surface area contributed by atoms with Crippen molar-refractivity contribution in [2.45, 2.75) is 43.6 Å². The number of benzene rings is 1. The minimum Gasteiger partial charge on any atom is -0.497 e. The lowest BCUT2D eigenvalue weighted by Gasteiger charge is -2.31. The number of carbonyl (C=O) groups is 1. The van der Waals surface area contributed by atoms with Crippen molar-refractivity contribution in [3.05, 3.63) is 36.9 Å². The van der Waals surface area contributed by atoms with Gasteiger partial charge in [-0.3, -0.25) is 9.36 Å². The Morgan fingerprint density at radius 2 is 2.00 bits per heavy atom. The summed E-state index contributed by atoms with van der Waals surface area (Å²) in [7, 11) is 1.64. The van der Waals surface area contributed by atoms with Crippen LogP contribution in [0.5, 0.6) is 5.75 Å². The second kappa shape index (κ2) is 9.28. The molecule has 0 bridgehead atoms. The largest absolute Gasteiger partial charge is 0.497 e.